The fourth-order valence-corrected chi connectivity index (χ4v) is 2.70. The van der Waals surface area contributed by atoms with Crippen LogP contribution in [0.2, 0.25) is 0 Å². The second kappa shape index (κ2) is 3.92. The summed E-state index contributed by atoms with van der Waals surface area (Å²) in [5.41, 5.74) is 6.06. The van der Waals surface area contributed by atoms with E-state index in [1.165, 1.54) is 17.5 Å². The summed E-state index contributed by atoms with van der Waals surface area (Å²) in [6.07, 6.45) is 1.53. The van der Waals surface area contributed by atoms with E-state index in [0.29, 0.717) is 5.39 Å². The molecule has 0 aliphatic heterocycles. The molecule has 3 rings (SSSR count). The molecule has 2 heterocycles. The number of pyridine rings is 1. The summed E-state index contributed by atoms with van der Waals surface area (Å²) in [4.78, 5) is 19.7. The lowest BCUT2D eigenvalue weighted by Crippen LogP contribution is -2.07. The van der Waals surface area contributed by atoms with Crippen LogP contribution in [0.5, 0.6) is 5.75 Å². The molecule has 3 aromatic rings. The lowest BCUT2D eigenvalue weighted by atomic mass is 10.2. The van der Waals surface area contributed by atoms with E-state index in [4.69, 9.17) is 10.5 Å². The van der Waals surface area contributed by atoms with Crippen LogP contribution in [-0.4, -0.2) is 17.1 Å². The molecule has 0 amide bonds. The molecule has 2 aromatic heterocycles. The number of hydrogen-bond donors (Lipinski definition) is 1. The Kier molecular flexibility index (Phi) is 2.38. The first-order valence-corrected chi connectivity index (χ1v) is 6.04. The van der Waals surface area contributed by atoms with Gasteiger partial charge >= 0.3 is 0 Å². The minimum atomic E-state index is -0.341. The standard InChI is InChI=1S/C12H9N3O2S/c1-17-6-2-3-7-9(4-6)14-5-8-10(7)18-12(13)15-11(8)16/h2-5H,1H3,(H2,13,15,16). The summed E-state index contributed by atoms with van der Waals surface area (Å²) in [5, 5.41) is 1.63. The predicted octanol–water partition coefficient (Wildman–Crippen LogP) is 1.80. The van der Waals surface area contributed by atoms with Gasteiger partial charge in [0.15, 0.2) is 5.13 Å². The Morgan fingerprint density at radius 3 is 2.94 bits per heavy atom. The molecule has 6 heteroatoms. The van der Waals surface area contributed by atoms with Crippen molar-refractivity contribution in [3.05, 3.63) is 34.7 Å². The summed E-state index contributed by atoms with van der Waals surface area (Å²) in [7, 11) is 1.60. The highest BCUT2D eigenvalue weighted by Gasteiger charge is 2.08. The Morgan fingerprint density at radius 2 is 2.17 bits per heavy atom. The van der Waals surface area contributed by atoms with Crippen LogP contribution in [-0.2, 0) is 0 Å². The Bertz CT molecular complexity index is 813. The third-order valence-electron chi connectivity index (χ3n) is 2.68. The molecular weight excluding hydrogens is 250 g/mol. The van der Waals surface area contributed by atoms with Gasteiger partial charge in [0.2, 0.25) is 0 Å². The van der Waals surface area contributed by atoms with Crippen molar-refractivity contribution < 1.29 is 4.74 Å². The van der Waals surface area contributed by atoms with Gasteiger partial charge in [0.1, 0.15) is 5.75 Å². The van der Waals surface area contributed by atoms with Gasteiger partial charge in [0.05, 0.1) is 22.7 Å². The molecule has 0 bridgehead atoms. The maximum Gasteiger partial charge on any atom is 0.282 e. The highest BCUT2D eigenvalue weighted by Crippen LogP contribution is 2.28. The molecule has 0 spiro atoms. The molecule has 0 aliphatic carbocycles. The zero-order valence-corrected chi connectivity index (χ0v) is 10.3. The number of nitrogens with zero attached hydrogens (tertiary/aromatic N) is 2. The lowest BCUT2D eigenvalue weighted by molar-refractivity contribution is 0.415. The molecular formula is C12H9N3O2S. The third kappa shape index (κ3) is 1.58. The fraction of sp³-hybridized carbons (Fsp3) is 0.0833. The summed E-state index contributed by atoms with van der Waals surface area (Å²) in [6, 6.07) is 5.53. The van der Waals surface area contributed by atoms with Crippen molar-refractivity contribution in [2.24, 2.45) is 0 Å². The van der Waals surface area contributed by atoms with E-state index < -0.39 is 0 Å². The molecule has 18 heavy (non-hydrogen) atoms. The molecule has 5 nitrogen and oxygen atoms in total. The summed E-state index contributed by atoms with van der Waals surface area (Å²) < 4.78 is 5.95. The van der Waals surface area contributed by atoms with Crippen molar-refractivity contribution in [3.8, 4) is 5.75 Å². The van der Waals surface area contributed by atoms with Gasteiger partial charge in [-0.3, -0.25) is 9.78 Å². The summed E-state index contributed by atoms with van der Waals surface area (Å²) in [5.74, 6) is 0.726. The van der Waals surface area contributed by atoms with Gasteiger partial charge in [-0.15, -0.1) is 0 Å². The molecule has 0 saturated carbocycles. The van der Waals surface area contributed by atoms with Crippen LogP contribution < -0.4 is 16.0 Å². The highest BCUT2D eigenvalue weighted by molar-refractivity contribution is 7.22. The number of ether oxygens (including phenoxy) is 1. The number of hydrogen-bond acceptors (Lipinski definition) is 6. The van der Waals surface area contributed by atoms with Gasteiger partial charge < -0.3 is 10.5 Å². The van der Waals surface area contributed by atoms with E-state index in [1.54, 1.807) is 7.11 Å². The van der Waals surface area contributed by atoms with Gasteiger partial charge in [0, 0.05) is 17.6 Å². The van der Waals surface area contributed by atoms with Crippen molar-refractivity contribution in [1.82, 2.24) is 9.97 Å². The Labute approximate surface area is 106 Å². The second-order valence-corrected chi connectivity index (χ2v) is 4.77. The third-order valence-corrected chi connectivity index (χ3v) is 3.62. The van der Waals surface area contributed by atoms with E-state index in [-0.39, 0.29) is 10.7 Å². The largest absolute Gasteiger partial charge is 0.497 e. The molecule has 0 atom stereocenters. The quantitative estimate of drug-likeness (QED) is 0.674. The van der Waals surface area contributed by atoms with E-state index in [9.17, 15) is 4.79 Å². The van der Waals surface area contributed by atoms with E-state index in [0.717, 1.165) is 21.4 Å². The molecule has 90 valence electrons. The van der Waals surface area contributed by atoms with E-state index in [1.807, 2.05) is 18.2 Å². The van der Waals surface area contributed by atoms with Gasteiger partial charge in [0.25, 0.3) is 5.56 Å². The first kappa shape index (κ1) is 10.9. The normalized spacial score (nSPS) is 10.9. The van der Waals surface area contributed by atoms with Gasteiger partial charge in [-0.05, 0) is 12.1 Å². The molecule has 0 saturated heterocycles. The van der Waals surface area contributed by atoms with Crippen molar-refractivity contribution in [1.29, 1.82) is 0 Å². The molecule has 1 aromatic carbocycles. The SMILES string of the molecule is COc1ccc2c(c1)ncc1c(=O)nc(N)sc12. The van der Waals surface area contributed by atoms with Crippen LogP contribution in [0.15, 0.2) is 29.2 Å². The van der Waals surface area contributed by atoms with Crippen molar-refractivity contribution in [2.45, 2.75) is 0 Å². The number of rotatable bonds is 1. The second-order valence-electron chi connectivity index (χ2n) is 3.74. The van der Waals surface area contributed by atoms with Crippen molar-refractivity contribution >= 4 is 37.5 Å². The summed E-state index contributed by atoms with van der Waals surface area (Å²) >= 11 is 1.28. The average molecular weight is 259 g/mol. The fourth-order valence-electron chi connectivity index (χ4n) is 1.83. The number of methoxy groups -OCH3 is 1. The van der Waals surface area contributed by atoms with E-state index in [2.05, 4.69) is 9.97 Å². The Morgan fingerprint density at radius 1 is 1.33 bits per heavy atom. The lowest BCUT2D eigenvalue weighted by Gasteiger charge is -2.04. The van der Waals surface area contributed by atoms with Crippen LogP contribution in [0.3, 0.4) is 0 Å². The van der Waals surface area contributed by atoms with E-state index >= 15 is 0 Å². The van der Waals surface area contributed by atoms with Gasteiger partial charge in [-0.25, -0.2) is 0 Å². The molecule has 0 aliphatic rings. The number of anilines is 1. The first-order valence-electron chi connectivity index (χ1n) is 5.22. The predicted molar refractivity (Wildman–Crippen MR) is 72.2 cm³/mol. The zero-order chi connectivity index (χ0) is 12.7. The molecule has 0 radical (unpaired) electrons. The van der Waals surface area contributed by atoms with Gasteiger partial charge in [-0.1, -0.05) is 11.3 Å². The zero-order valence-electron chi connectivity index (χ0n) is 9.51. The van der Waals surface area contributed by atoms with Gasteiger partial charge in [-0.2, -0.15) is 4.98 Å². The minimum absolute atomic E-state index is 0.260. The van der Waals surface area contributed by atoms with Crippen LogP contribution in [0.1, 0.15) is 0 Å². The molecule has 0 unspecified atom stereocenters. The Hall–Kier alpha value is -2.21. The first-order chi connectivity index (χ1) is 8.69. The summed E-state index contributed by atoms with van der Waals surface area (Å²) in [6.45, 7) is 0. The van der Waals surface area contributed by atoms with Crippen LogP contribution in [0.25, 0.3) is 21.0 Å². The number of fused-ring (bicyclic) bond motifs is 3. The Balaban J connectivity index is 2.49. The van der Waals surface area contributed by atoms with Crippen molar-refractivity contribution in [3.63, 3.8) is 0 Å². The monoisotopic (exact) mass is 259 g/mol. The minimum Gasteiger partial charge on any atom is -0.497 e. The maximum absolute atomic E-state index is 11.7. The highest BCUT2D eigenvalue weighted by atomic mass is 32.1. The number of nitrogens with two attached hydrogens (primary N) is 1. The topological polar surface area (TPSA) is 78.1 Å². The molecule has 0 fully saturated rings. The number of benzene rings is 1. The van der Waals surface area contributed by atoms with Crippen LogP contribution in [0, 0.1) is 0 Å². The smallest absolute Gasteiger partial charge is 0.282 e. The maximum atomic E-state index is 11.7. The van der Waals surface area contributed by atoms with Crippen LogP contribution >= 0.6 is 11.3 Å². The number of nitrogen functional groups attached to an aromatic ring is 1. The van der Waals surface area contributed by atoms with Crippen molar-refractivity contribution in [2.75, 3.05) is 12.8 Å². The molecule has 2 N–H and O–H groups in total. The number of aromatic nitrogens is 2. The van der Waals surface area contributed by atoms with Crippen LogP contribution in [0.4, 0.5) is 5.13 Å². The average Bonchev–Trinajstić information content (AvgIpc) is 2.37.